The quantitative estimate of drug-likeness (QED) is 0.770. The maximum absolute atomic E-state index is 6.06. The highest BCUT2D eigenvalue weighted by Crippen LogP contribution is 2.85. The Morgan fingerprint density at radius 3 is 2.50 bits per heavy atom. The molecule has 1 aromatic carbocycles. The summed E-state index contributed by atoms with van der Waals surface area (Å²) in [6.07, 6.45) is 8.84. The number of benzene rings is 1. The van der Waals surface area contributed by atoms with Crippen LogP contribution in [0.15, 0.2) is 30.3 Å². The Kier molecular flexibility index (Phi) is 2.35. The van der Waals surface area contributed by atoms with Crippen LogP contribution < -0.4 is 0 Å². The van der Waals surface area contributed by atoms with Crippen LogP contribution in [0.3, 0.4) is 0 Å². The van der Waals surface area contributed by atoms with Crippen molar-refractivity contribution in [2.24, 2.45) is 16.7 Å². The van der Waals surface area contributed by atoms with Gasteiger partial charge in [-0.05, 0) is 42.6 Å². The number of ether oxygens (including phenoxy) is 1. The average molecular weight is 242 g/mol. The molecule has 3 fully saturated rings. The molecule has 0 radical (unpaired) electrons. The van der Waals surface area contributed by atoms with Crippen molar-refractivity contribution < 1.29 is 4.74 Å². The normalized spacial score (nSPS) is 35.2. The highest BCUT2D eigenvalue weighted by Gasteiger charge is 2.80. The van der Waals surface area contributed by atoms with Crippen molar-refractivity contribution in [1.29, 1.82) is 0 Å². The summed E-state index contributed by atoms with van der Waals surface area (Å²) in [5.74, 6) is 1.03. The van der Waals surface area contributed by atoms with Crippen LogP contribution in [0.1, 0.15) is 44.1 Å². The molecule has 0 saturated heterocycles. The average Bonchev–Trinajstić information content (AvgIpc) is 2.75. The first-order valence-electron chi connectivity index (χ1n) is 7.49. The molecule has 0 aromatic heterocycles. The zero-order valence-corrected chi connectivity index (χ0v) is 11.0. The van der Waals surface area contributed by atoms with Crippen molar-refractivity contribution in [1.82, 2.24) is 0 Å². The first-order chi connectivity index (χ1) is 8.87. The Morgan fingerprint density at radius 2 is 1.83 bits per heavy atom. The van der Waals surface area contributed by atoms with Crippen LogP contribution in [0.2, 0.25) is 0 Å². The summed E-state index contributed by atoms with van der Waals surface area (Å²) in [4.78, 5) is 0. The molecular formula is C17H22O. The summed E-state index contributed by atoms with van der Waals surface area (Å²) in [5.41, 5.74) is 2.67. The second-order valence-electron chi connectivity index (χ2n) is 6.59. The maximum atomic E-state index is 6.06. The summed E-state index contributed by atoms with van der Waals surface area (Å²) >= 11 is 0. The van der Waals surface area contributed by atoms with Gasteiger partial charge in [0.05, 0.1) is 13.2 Å². The predicted molar refractivity (Wildman–Crippen MR) is 72.2 cm³/mol. The van der Waals surface area contributed by atoms with Gasteiger partial charge in [0.25, 0.3) is 0 Å². The van der Waals surface area contributed by atoms with E-state index in [1.807, 2.05) is 0 Å². The summed E-state index contributed by atoms with van der Waals surface area (Å²) in [5, 5.41) is 0. The fourth-order valence-corrected chi connectivity index (χ4v) is 5.10. The van der Waals surface area contributed by atoms with E-state index in [9.17, 15) is 0 Å². The van der Waals surface area contributed by atoms with Crippen LogP contribution in [0.5, 0.6) is 0 Å². The Labute approximate surface area is 110 Å². The molecular weight excluding hydrogens is 220 g/mol. The molecule has 0 amide bonds. The van der Waals surface area contributed by atoms with Gasteiger partial charge in [-0.1, -0.05) is 43.2 Å². The van der Waals surface area contributed by atoms with E-state index in [2.05, 4.69) is 30.3 Å². The summed E-state index contributed by atoms with van der Waals surface area (Å²) in [6, 6.07) is 10.6. The van der Waals surface area contributed by atoms with Crippen molar-refractivity contribution in [3.05, 3.63) is 35.9 Å². The van der Waals surface area contributed by atoms with E-state index in [1.165, 1.54) is 44.1 Å². The number of fused-ring (bicyclic) bond motifs is 3. The van der Waals surface area contributed by atoms with E-state index in [0.29, 0.717) is 5.41 Å². The topological polar surface area (TPSA) is 9.23 Å². The van der Waals surface area contributed by atoms with Crippen molar-refractivity contribution in [3.8, 4) is 0 Å². The summed E-state index contributed by atoms with van der Waals surface area (Å²) in [7, 11) is 0. The number of hydrogen-bond acceptors (Lipinski definition) is 1. The zero-order chi connectivity index (χ0) is 12.1. The van der Waals surface area contributed by atoms with Crippen LogP contribution in [0, 0.1) is 16.7 Å². The van der Waals surface area contributed by atoms with Gasteiger partial charge in [0.15, 0.2) is 0 Å². The third-order valence-corrected chi connectivity index (χ3v) is 6.09. The second-order valence-corrected chi connectivity index (χ2v) is 6.59. The lowest BCUT2D eigenvalue weighted by Crippen LogP contribution is -2.23. The molecule has 1 spiro atoms. The molecule has 4 rings (SSSR count). The predicted octanol–water partition coefficient (Wildman–Crippen LogP) is 4.17. The van der Waals surface area contributed by atoms with E-state index in [-0.39, 0.29) is 0 Å². The summed E-state index contributed by atoms with van der Waals surface area (Å²) in [6.45, 7) is 1.82. The Morgan fingerprint density at radius 1 is 1.06 bits per heavy atom. The lowest BCUT2D eigenvalue weighted by atomic mass is 9.83. The van der Waals surface area contributed by atoms with E-state index in [1.54, 1.807) is 0 Å². The first kappa shape index (κ1) is 11.0. The van der Waals surface area contributed by atoms with E-state index in [4.69, 9.17) is 4.74 Å². The highest BCUT2D eigenvalue weighted by atomic mass is 16.5. The molecule has 3 saturated carbocycles. The minimum atomic E-state index is 0.623. The van der Waals surface area contributed by atoms with Crippen LogP contribution in [-0.4, -0.2) is 6.61 Å². The zero-order valence-electron chi connectivity index (χ0n) is 11.0. The third kappa shape index (κ3) is 1.31. The fourth-order valence-electron chi connectivity index (χ4n) is 5.10. The molecule has 2 unspecified atom stereocenters. The molecule has 0 bridgehead atoms. The Balaban J connectivity index is 1.36. The largest absolute Gasteiger partial charge is 0.376 e. The van der Waals surface area contributed by atoms with Crippen molar-refractivity contribution in [2.75, 3.05) is 6.61 Å². The lowest BCUT2D eigenvalue weighted by molar-refractivity contribution is 0.0374. The molecule has 3 aliphatic carbocycles. The molecule has 1 aromatic rings. The van der Waals surface area contributed by atoms with Crippen molar-refractivity contribution in [2.45, 2.75) is 45.1 Å². The smallest absolute Gasteiger partial charge is 0.0717 e. The van der Waals surface area contributed by atoms with Crippen LogP contribution in [-0.2, 0) is 11.3 Å². The molecule has 1 heteroatoms. The molecule has 0 aliphatic heterocycles. The number of rotatable bonds is 4. The highest BCUT2D eigenvalue weighted by molar-refractivity contribution is 5.28. The van der Waals surface area contributed by atoms with Gasteiger partial charge in [-0.2, -0.15) is 0 Å². The van der Waals surface area contributed by atoms with Crippen LogP contribution in [0.25, 0.3) is 0 Å². The van der Waals surface area contributed by atoms with Gasteiger partial charge in [0.1, 0.15) is 0 Å². The van der Waals surface area contributed by atoms with Crippen LogP contribution in [0.4, 0.5) is 0 Å². The maximum Gasteiger partial charge on any atom is 0.0717 e. The molecule has 0 heterocycles. The second kappa shape index (κ2) is 3.84. The molecule has 3 aliphatic rings. The van der Waals surface area contributed by atoms with Crippen molar-refractivity contribution >= 4 is 0 Å². The first-order valence-corrected chi connectivity index (χ1v) is 7.49. The van der Waals surface area contributed by atoms with E-state index in [0.717, 1.165) is 24.5 Å². The van der Waals surface area contributed by atoms with Crippen LogP contribution >= 0.6 is 0 Å². The monoisotopic (exact) mass is 242 g/mol. The SMILES string of the molecule is c1ccc(COCC23CCC2C32CCCC2)cc1. The lowest BCUT2D eigenvalue weighted by Gasteiger charge is -2.26. The van der Waals surface area contributed by atoms with Gasteiger partial charge in [-0.15, -0.1) is 0 Å². The van der Waals surface area contributed by atoms with E-state index < -0.39 is 0 Å². The molecule has 1 nitrogen and oxygen atoms in total. The minimum absolute atomic E-state index is 0.623. The third-order valence-electron chi connectivity index (χ3n) is 6.09. The van der Waals surface area contributed by atoms with Gasteiger partial charge in [-0.3, -0.25) is 0 Å². The summed E-state index contributed by atoms with van der Waals surface area (Å²) < 4.78 is 6.06. The van der Waals surface area contributed by atoms with Gasteiger partial charge in [0, 0.05) is 5.41 Å². The Hall–Kier alpha value is -0.820. The van der Waals surface area contributed by atoms with Crippen molar-refractivity contribution in [3.63, 3.8) is 0 Å². The molecule has 2 atom stereocenters. The molecule has 96 valence electrons. The standard InChI is InChI=1S/C17H22O/c1-2-6-14(7-3-1)12-18-13-17-11-8-15(17)16(17)9-4-5-10-16/h1-3,6-7,15H,4-5,8-13H2. The molecule has 0 N–H and O–H groups in total. The van der Waals surface area contributed by atoms with Gasteiger partial charge < -0.3 is 4.74 Å². The van der Waals surface area contributed by atoms with E-state index >= 15 is 0 Å². The van der Waals surface area contributed by atoms with Gasteiger partial charge >= 0.3 is 0 Å². The van der Waals surface area contributed by atoms with Gasteiger partial charge in [0.2, 0.25) is 0 Å². The van der Waals surface area contributed by atoms with Gasteiger partial charge in [-0.25, -0.2) is 0 Å². The number of hydrogen-bond donors (Lipinski definition) is 0. The fraction of sp³-hybridized carbons (Fsp3) is 0.647. The Bertz CT molecular complexity index is 432. The molecule has 18 heavy (non-hydrogen) atoms. The minimum Gasteiger partial charge on any atom is -0.376 e.